The molecule has 1 aromatic carbocycles. The largest absolute Gasteiger partial charge is 0.491 e. The first-order valence-electron chi connectivity index (χ1n) is 8.29. The number of hydrogen-bond donors (Lipinski definition) is 2. The van der Waals surface area contributed by atoms with E-state index in [2.05, 4.69) is 10.1 Å². The van der Waals surface area contributed by atoms with Crippen molar-refractivity contribution in [3.05, 3.63) is 29.8 Å². The maximum Gasteiger partial charge on any atom is 0.315 e. The number of thioether (sulfide) groups is 1. The SMILES string of the molecule is COC(=O)CSCCCc1ccccc1OCC(O)CNC(C)C. The minimum absolute atomic E-state index is 0.187. The summed E-state index contributed by atoms with van der Waals surface area (Å²) < 4.78 is 10.4. The number of carbonyl (C=O) groups excluding carboxylic acids is 1. The highest BCUT2D eigenvalue weighted by Gasteiger charge is 2.09. The van der Waals surface area contributed by atoms with E-state index in [9.17, 15) is 9.90 Å². The molecule has 0 saturated carbocycles. The number of rotatable bonds is 12. The maximum absolute atomic E-state index is 11.1. The Bertz CT molecular complexity index is 482. The van der Waals surface area contributed by atoms with E-state index in [1.807, 2.05) is 38.1 Å². The number of aryl methyl sites for hydroxylation is 1. The van der Waals surface area contributed by atoms with E-state index in [1.165, 1.54) is 7.11 Å². The number of carbonyl (C=O) groups is 1. The maximum atomic E-state index is 11.1. The summed E-state index contributed by atoms with van der Waals surface area (Å²) in [6, 6.07) is 8.23. The summed E-state index contributed by atoms with van der Waals surface area (Å²) in [7, 11) is 1.40. The lowest BCUT2D eigenvalue weighted by molar-refractivity contribution is -0.137. The zero-order valence-corrected chi connectivity index (χ0v) is 15.6. The average molecular weight is 356 g/mol. The fourth-order valence-electron chi connectivity index (χ4n) is 2.05. The third kappa shape index (κ3) is 9.15. The number of para-hydroxylation sites is 1. The second-order valence-corrected chi connectivity index (χ2v) is 6.97. The Labute approximate surface area is 149 Å². The monoisotopic (exact) mass is 355 g/mol. The fraction of sp³-hybridized carbons (Fsp3) is 0.611. The molecular formula is C18H29NO4S. The van der Waals surface area contributed by atoms with Gasteiger partial charge < -0.3 is 19.9 Å². The molecule has 0 radical (unpaired) electrons. The molecule has 0 saturated heterocycles. The summed E-state index contributed by atoms with van der Waals surface area (Å²) in [5.41, 5.74) is 1.13. The molecule has 0 aliphatic rings. The molecule has 0 aliphatic carbocycles. The summed E-state index contributed by atoms with van der Waals surface area (Å²) in [4.78, 5) is 11.1. The summed E-state index contributed by atoms with van der Waals surface area (Å²) in [6.45, 7) is 4.88. The van der Waals surface area contributed by atoms with Crippen molar-refractivity contribution in [1.29, 1.82) is 0 Å². The van der Waals surface area contributed by atoms with Gasteiger partial charge in [-0.25, -0.2) is 0 Å². The van der Waals surface area contributed by atoms with Crippen molar-refractivity contribution in [1.82, 2.24) is 5.32 Å². The predicted octanol–water partition coefficient (Wildman–Crippen LogP) is 2.26. The molecule has 2 N–H and O–H groups in total. The van der Waals surface area contributed by atoms with Gasteiger partial charge in [0.15, 0.2) is 0 Å². The summed E-state index contributed by atoms with van der Waals surface area (Å²) >= 11 is 1.57. The molecule has 1 unspecified atom stereocenters. The van der Waals surface area contributed by atoms with Crippen molar-refractivity contribution in [2.75, 3.05) is 31.8 Å². The highest BCUT2D eigenvalue weighted by Crippen LogP contribution is 2.20. The topological polar surface area (TPSA) is 67.8 Å². The third-order valence-corrected chi connectivity index (χ3v) is 4.37. The minimum atomic E-state index is -0.531. The number of hydrogen-bond acceptors (Lipinski definition) is 6. The van der Waals surface area contributed by atoms with E-state index < -0.39 is 6.10 Å². The fourth-order valence-corrected chi connectivity index (χ4v) is 2.82. The van der Waals surface area contributed by atoms with Gasteiger partial charge in [-0.3, -0.25) is 4.79 Å². The van der Waals surface area contributed by atoms with Crippen molar-refractivity contribution < 1.29 is 19.4 Å². The van der Waals surface area contributed by atoms with Gasteiger partial charge in [0.1, 0.15) is 18.5 Å². The number of aliphatic hydroxyl groups excluding tert-OH is 1. The lowest BCUT2D eigenvalue weighted by Gasteiger charge is -2.16. The van der Waals surface area contributed by atoms with Gasteiger partial charge in [0, 0.05) is 12.6 Å². The first-order chi connectivity index (χ1) is 11.5. The van der Waals surface area contributed by atoms with Crippen LogP contribution in [0.2, 0.25) is 0 Å². The smallest absolute Gasteiger partial charge is 0.315 e. The summed E-state index contributed by atoms with van der Waals surface area (Å²) in [5, 5.41) is 13.1. The Morgan fingerprint density at radius 1 is 1.33 bits per heavy atom. The molecule has 136 valence electrons. The number of esters is 1. The number of ether oxygens (including phenoxy) is 2. The Morgan fingerprint density at radius 2 is 2.08 bits per heavy atom. The first kappa shape index (κ1) is 20.8. The van der Waals surface area contributed by atoms with E-state index in [0.29, 0.717) is 18.3 Å². The normalized spacial score (nSPS) is 12.2. The highest BCUT2D eigenvalue weighted by atomic mass is 32.2. The molecular weight excluding hydrogens is 326 g/mol. The van der Waals surface area contributed by atoms with Gasteiger partial charge in [0.2, 0.25) is 0 Å². The van der Waals surface area contributed by atoms with Crippen molar-refractivity contribution in [2.45, 2.75) is 38.8 Å². The summed E-state index contributed by atoms with van der Waals surface area (Å²) in [5.74, 6) is 1.92. The van der Waals surface area contributed by atoms with E-state index in [-0.39, 0.29) is 12.6 Å². The van der Waals surface area contributed by atoms with Crippen LogP contribution in [0.25, 0.3) is 0 Å². The lowest BCUT2D eigenvalue weighted by atomic mass is 10.1. The van der Waals surface area contributed by atoms with Crippen molar-refractivity contribution in [3.63, 3.8) is 0 Å². The highest BCUT2D eigenvalue weighted by molar-refractivity contribution is 7.99. The van der Waals surface area contributed by atoms with Gasteiger partial charge in [0.25, 0.3) is 0 Å². The van der Waals surface area contributed by atoms with Gasteiger partial charge in [-0.1, -0.05) is 32.0 Å². The quantitative estimate of drug-likeness (QED) is 0.443. The van der Waals surface area contributed by atoms with Crippen LogP contribution in [0.5, 0.6) is 5.75 Å². The Balaban J connectivity index is 2.34. The first-order valence-corrected chi connectivity index (χ1v) is 9.45. The van der Waals surface area contributed by atoms with Crippen LogP contribution >= 0.6 is 11.8 Å². The van der Waals surface area contributed by atoms with Gasteiger partial charge >= 0.3 is 5.97 Å². The molecule has 0 amide bonds. The Kier molecular flexibility index (Phi) is 10.5. The summed E-state index contributed by atoms with van der Waals surface area (Å²) in [6.07, 6.45) is 1.31. The number of methoxy groups -OCH3 is 1. The van der Waals surface area contributed by atoms with Gasteiger partial charge in [-0.15, -0.1) is 0 Å². The Morgan fingerprint density at radius 3 is 2.79 bits per heavy atom. The van der Waals surface area contributed by atoms with Crippen molar-refractivity contribution in [3.8, 4) is 5.75 Å². The molecule has 0 bridgehead atoms. The zero-order chi connectivity index (χ0) is 17.8. The van der Waals surface area contributed by atoms with Gasteiger partial charge in [0.05, 0.1) is 12.9 Å². The molecule has 0 heterocycles. The van der Waals surface area contributed by atoms with Crippen LogP contribution in [0.4, 0.5) is 0 Å². The number of nitrogens with one attached hydrogen (secondary N) is 1. The van der Waals surface area contributed by atoms with Crippen LogP contribution in [0, 0.1) is 0 Å². The molecule has 0 spiro atoms. The van der Waals surface area contributed by atoms with E-state index in [1.54, 1.807) is 11.8 Å². The molecule has 0 fully saturated rings. The van der Waals surface area contributed by atoms with E-state index in [0.717, 1.165) is 29.9 Å². The van der Waals surface area contributed by atoms with Crippen LogP contribution in [0.15, 0.2) is 24.3 Å². The second kappa shape index (κ2) is 12.2. The lowest BCUT2D eigenvalue weighted by Crippen LogP contribution is -2.35. The average Bonchev–Trinajstić information content (AvgIpc) is 2.58. The third-order valence-electron chi connectivity index (χ3n) is 3.35. The molecule has 1 rings (SSSR count). The van der Waals surface area contributed by atoms with Crippen molar-refractivity contribution >= 4 is 17.7 Å². The molecule has 6 heteroatoms. The molecule has 1 atom stereocenters. The minimum Gasteiger partial charge on any atom is -0.491 e. The van der Waals surface area contributed by atoms with Crippen molar-refractivity contribution in [2.24, 2.45) is 0 Å². The molecule has 0 aromatic heterocycles. The standard InChI is InChI=1S/C18H29NO4S/c1-14(2)19-11-16(20)12-23-17-9-5-4-7-15(17)8-6-10-24-13-18(21)22-3/h4-5,7,9,14,16,19-20H,6,8,10-13H2,1-3H3. The van der Waals surface area contributed by atoms with Crippen LogP contribution in [0.1, 0.15) is 25.8 Å². The van der Waals surface area contributed by atoms with Crippen LogP contribution < -0.4 is 10.1 Å². The van der Waals surface area contributed by atoms with Crippen LogP contribution in [-0.4, -0.2) is 55.0 Å². The molecule has 1 aromatic rings. The second-order valence-electron chi connectivity index (χ2n) is 5.87. The van der Waals surface area contributed by atoms with Gasteiger partial charge in [-0.05, 0) is 30.2 Å². The number of aliphatic hydroxyl groups is 1. The zero-order valence-electron chi connectivity index (χ0n) is 14.8. The van der Waals surface area contributed by atoms with Crippen LogP contribution in [-0.2, 0) is 16.0 Å². The predicted molar refractivity (Wildman–Crippen MR) is 98.7 cm³/mol. The Hall–Kier alpha value is -1.24. The van der Waals surface area contributed by atoms with E-state index in [4.69, 9.17) is 4.74 Å². The molecule has 5 nitrogen and oxygen atoms in total. The van der Waals surface area contributed by atoms with Crippen LogP contribution in [0.3, 0.4) is 0 Å². The molecule has 24 heavy (non-hydrogen) atoms. The molecule has 0 aliphatic heterocycles. The number of benzene rings is 1. The van der Waals surface area contributed by atoms with E-state index >= 15 is 0 Å². The van der Waals surface area contributed by atoms with Gasteiger partial charge in [-0.2, -0.15) is 11.8 Å².